The van der Waals surface area contributed by atoms with Gasteiger partial charge in [0.05, 0.1) is 22.5 Å². The third-order valence-electron chi connectivity index (χ3n) is 4.87. The van der Waals surface area contributed by atoms with Gasteiger partial charge >= 0.3 is 0 Å². The van der Waals surface area contributed by atoms with E-state index in [0.717, 1.165) is 12.1 Å². The molecule has 0 atom stereocenters. The van der Waals surface area contributed by atoms with Crippen LogP contribution in [0.5, 0.6) is 5.75 Å². The molecular formula is C24H24N4O3S. The van der Waals surface area contributed by atoms with E-state index in [1.165, 1.54) is 17.7 Å². The average Bonchev–Trinajstić information content (AvgIpc) is 2.80. The van der Waals surface area contributed by atoms with Crippen LogP contribution in [0.4, 0.5) is 17.3 Å². The zero-order valence-corrected chi connectivity index (χ0v) is 18.7. The molecule has 8 heteroatoms. The number of nitrogens with one attached hydrogen (secondary N) is 2. The first kappa shape index (κ1) is 21.6. The van der Waals surface area contributed by atoms with E-state index in [-0.39, 0.29) is 10.7 Å². The molecule has 0 saturated carbocycles. The van der Waals surface area contributed by atoms with Crippen molar-refractivity contribution < 1.29 is 13.2 Å². The number of sulfonamides is 1. The quantitative estimate of drug-likeness (QED) is 0.388. The minimum absolute atomic E-state index is 0.106. The Morgan fingerprint density at radius 1 is 0.812 bits per heavy atom. The first-order valence-corrected chi connectivity index (χ1v) is 11.8. The Bertz CT molecular complexity index is 1320. The summed E-state index contributed by atoms with van der Waals surface area (Å²) >= 11 is 0. The molecule has 0 aliphatic rings. The van der Waals surface area contributed by atoms with Gasteiger partial charge in [-0.15, -0.1) is 0 Å². The molecule has 32 heavy (non-hydrogen) atoms. The summed E-state index contributed by atoms with van der Waals surface area (Å²) in [6, 6.07) is 21.4. The van der Waals surface area contributed by atoms with Gasteiger partial charge in [0.1, 0.15) is 5.75 Å². The van der Waals surface area contributed by atoms with E-state index < -0.39 is 10.0 Å². The lowest BCUT2D eigenvalue weighted by Crippen LogP contribution is -2.16. The second-order valence-corrected chi connectivity index (χ2v) is 8.78. The number of nitrogens with zero attached hydrogens (tertiary/aromatic N) is 2. The van der Waals surface area contributed by atoms with Gasteiger partial charge in [0.2, 0.25) is 0 Å². The zero-order chi connectivity index (χ0) is 22.6. The van der Waals surface area contributed by atoms with Gasteiger partial charge in [-0.1, -0.05) is 31.2 Å². The molecule has 0 bridgehead atoms. The number of para-hydroxylation sites is 2. The maximum Gasteiger partial charge on any atom is 0.263 e. The van der Waals surface area contributed by atoms with Crippen molar-refractivity contribution in [3.05, 3.63) is 78.4 Å². The summed E-state index contributed by atoms with van der Waals surface area (Å²) < 4.78 is 34.1. The molecule has 3 aromatic carbocycles. The smallest absolute Gasteiger partial charge is 0.263 e. The van der Waals surface area contributed by atoms with Crippen molar-refractivity contribution in [3.8, 4) is 5.75 Å². The maximum atomic E-state index is 13.0. The topological polar surface area (TPSA) is 93.2 Å². The van der Waals surface area contributed by atoms with Crippen molar-refractivity contribution in [2.75, 3.05) is 16.6 Å². The summed E-state index contributed by atoms with van der Waals surface area (Å²) in [5.41, 5.74) is 3.23. The molecule has 0 aliphatic heterocycles. The van der Waals surface area contributed by atoms with Crippen molar-refractivity contribution >= 4 is 38.4 Å². The number of benzene rings is 3. The molecule has 0 radical (unpaired) electrons. The van der Waals surface area contributed by atoms with Gasteiger partial charge in [-0.05, 0) is 67.4 Å². The van der Waals surface area contributed by atoms with Gasteiger partial charge in [-0.25, -0.2) is 18.4 Å². The molecule has 0 spiro atoms. The lowest BCUT2D eigenvalue weighted by atomic mass is 10.1. The Kier molecular flexibility index (Phi) is 6.23. The summed E-state index contributed by atoms with van der Waals surface area (Å²) in [5, 5.41) is 3.20. The molecule has 0 aliphatic carbocycles. The molecule has 164 valence electrons. The Labute approximate surface area is 187 Å². The van der Waals surface area contributed by atoms with Crippen LogP contribution in [0.15, 0.2) is 77.7 Å². The molecular weight excluding hydrogens is 424 g/mol. The summed E-state index contributed by atoms with van der Waals surface area (Å²) in [6.07, 6.45) is 0.934. The van der Waals surface area contributed by atoms with Crippen LogP contribution in [0, 0.1) is 0 Å². The minimum Gasteiger partial charge on any atom is -0.494 e. The van der Waals surface area contributed by atoms with Crippen molar-refractivity contribution in [2.45, 2.75) is 25.2 Å². The van der Waals surface area contributed by atoms with Crippen molar-refractivity contribution in [1.82, 2.24) is 9.97 Å². The predicted octanol–water partition coefficient (Wildman–Crippen LogP) is 5.14. The molecule has 1 aromatic heterocycles. The highest BCUT2D eigenvalue weighted by atomic mass is 32.2. The first-order valence-electron chi connectivity index (χ1n) is 10.4. The summed E-state index contributed by atoms with van der Waals surface area (Å²) in [4.78, 5) is 9.24. The number of fused-ring (bicyclic) bond motifs is 1. The molecule has 0 amide bonds. The summed E-state index contributed by atoms with van der Waals surface area (Å²) in [6.45, 7) is 4.46. The van der Waals surface area contributed by atoms with E-state index in [1.807, 2.05) is 49.4 Å². The van der Waals surface area contributed by atoms with Gasteiger partial charge < -0.3 is 10.1 Å². The Morgan fingerprint density at radius 2 is 1.44 bits per heavy atom. The van der Waals surface area contributed by atoms with Crippen molar-refractivity contribution in [2.24, 2.45) is 0 Å². The second kappa shape index (κ2) is 9.23. The fraction of sp³-hybridized carbons (Fsp3) is 0.167. The second-order valence-electron chi connectivity index (χ2n) is 7.09. The Balaban J connectivity index is 1.70. The Morgan fingerprint density at radius 3 is 2.03 bits per heavy atom. The number of aromatic nitrogens is 2. The van der Waals surface area contributed by atoms with Crippen LogP contribution in [0.2, 0.25) is 0 Å². The summed E-state index contributed by atoms with van der Waals surface area (Å²) in [7, 11) is -3.89. The van der Waals surface area contributed by atoms with Crippen LogP contribution < -0.4 is 14.8 Å². The Hall–Kier alpha value is -3.65. The number of hydrogen-bond acceptors (Lipinski definition) is 6. The van der Waals surface area contributed by atoms with E-state index in [2.05, 4.69) is 26.9 Å². The highest BCUT2D eigenvalue weighted by molar-refractivity contribution is 7.92. The minimum atomic E-state index is -3.89. The van der Waals surface area contributed by atoms with Crippen molar-refractivity contribution in [1.29, 1.82) is 0 Å². The number of hydrogen-bond donors (Lipinski definition) is 2. The molecule has 0 unspecified atom stereocenters. The number of rotatable bonds is 8. The van der Waals surface area contributed by atoms with Gasteiger partial charge in [0.25, 0.3) is 10.0 Å². The highest BCUT2D eigenvalue weighted by Crippen LogP contribution is 2.27. The molecule has 1 heterocycles. The van der Waals surface area contributed by atoms with Gasteiger partial charge in [-0.2, -0.15) is 0 Å². The average molecular weight is 449 g/mol. The van der Waals surface area contributed by atoms with Crippen LogP contribution in [-0.2, 0) is 16.4 Å². The zero-order valence-electron chi connectivity index (χ0n) is 17.9. The number of ether oxygens (including phenoxy) is 1. The highest BCUT2D eigenvalue weighted by Gasteiger charge is 2.19. The summed E-state index contributed by atoms with van der Waals surface area (Å²) in [5.74, 6) is 1.05. The van der Waals surface area contributed by atoms with Gasteiger partial charge in [0.15, 0.2) is 11.6 Å². The van der Waals surface area contributed by atoms with Crippen LogP contribution in [0.25, 0.3) is 11.0 Å². The van der Waals surface area contributed by atoms with E-state index >= 15 is 0 Å². The fourth-order valence-corrected chi connectivity index (χ4v) is 4.20. The monoisotopic (exact) mass is 448 g/mol. The number of aryl methyl sites for hydroxylation is 1. The van der Waals surface area contributed by atoms with Gasteiger partial charge in [-0.3, -0.25) is 4.72 Å². The van der Waals surface area contributed by atoms with E-state index in [1.54, 1.807) is 18.2 Å². The normalized spacial score (nSPS) is 11.3. The van der Waals surface area contributed by atoms with E-state index in [0.29, 0.717) is 29.2 Å². The van der Waals surface area contributed by atoms with Crippen LogP contribution in [0.1, 0.15) is 19.4 Å². The van der Waals surface area contributed by atoms with Crippen LogP contribution >= 0.6 is 0 Å². The largest absolute Gasteiger partial charge is 0.494 e. The predicted molar refractivity (Wildman–Crippen MR) is 127 cm³/mol. The molecule has 0 saturated heterocycles. The van der Waals surface area contributed by atoms with Crippen LogP contribution in [-0.4, -0.2) is 25.0 Å². The lowest BCUT2D eigenvalue weighted by Gasteiger charge is -2.14. The number of anilines is 3. The lowest BCUT2D eigenvalue weighted by molar-refractivity contribution is 0.340. The molecule has 4 aromatic rings. The molecule has 2 N–H and O–H groups in total. The third-order valence-corrected chi connectivity index (χ3v) is 6.23. The first-order chi connectivity index (χ1) is 15.5. The molecule has 7 nitrogen and oxygen atoms in total. The SMILES string of the molecule is CCOc1ccc(S(=O)(=O)Nc2nc3ccccc3nc2Nc2ccc(CC)cc2)cc1. The van der Waals surface area contributed by atoms with E-state index in [9.17, 15) is 8.42 Å². The van der Waals surface area contributed by atoms with Crippen LogP contribution in [0.3, 0.4) is 0 Å². The fourth-order valence-electron chi connectivity index (χ4n) is 3.19. The maximum absolute atomic E-state index is 13.0. The molecule has 4 rings (SSSR count). The standard InChI is InChI=1S/C24H24N4O3S/c1-3-17-9-11-18(12-10-17)25-23-24(27-22-8-6-5-7-21(22)26-23)28-32(29,30)20-15-13-19(14-16-20)31-4-2/h5-16H,3-4H2,1-2H3,(H,25,26)(H,27,28). The van der Waals surface area contributed by atoms with Crippen molar-refractivity contribution in [3.63, 3.8) is 0 Å². The third kappa shape index (κ3) is 4.81. The molecule has 0 fully saturated rings. The van der Waals surface area contributed by atoms with E-state index in [4.69, 9.17) is 4.74 Å². The van der Waals surface area contributed by atoms with Gasteiger partial charge in [0, 0.05) is 5.69 Å².